The van der Waals surface area contributed by atoms with E-state index >= 15 is 0 Å². The van der Waals surface area contributed by atoms with Gasteiger partial charge in [-0.25, -0.2) is 0 Å². The van der Waals surface area contributed by atoms with Crippen LogP contribution < -0.4 is 0 Å². The standard InChI is InChI=1S/C13H15NO2/c15-10-12(11-6-2-1-3-7-11)14-9-5-4-8-13(14)16/h1-4,6-8,12,15H,5,9-10H2/t12-/m0/s1. The Morgan fingerprint density at radius 2 is 2.06 bits per heavy atom. The summed E-state index contributed by atoms with van der Waals surface area (Å²) < 4.78 is 0. The highest BCUT2D eigenvalue weighted by atomic mass is 16.3. The minimum absolute atomic E-state index is 0.0193. The van der Waals surface area contributed by atoms with Crippen LogP contribution in [-0.4, -0.2) is 29.1 Å². The zero-order valence-corrected chi connectivity index (χ0v) is 9.04. The molecule has 0 aromatic heterocycles. The summed E-state index contributed by atoms with van der Waals surface area (Å²) in [6.45, 7) is 0.638. The zero-order valence-electron chi connectivity index (χ0n) is 9.04. The van der Waals surface area contributed by atoms with Gasteiger partial charge in [0.2, 0.25) is 5.91 Å². The second kappa shape index (κ2) is 4.94. The molecule has 1 heterocycles. The first kappa shape index (κ1) is 10.9. The van der Waals surface area contributed by atoms with Gasteiger partial charge in [0.25, 0.3) is 0 Å². The quantitative estimate of drug-likeness (QED) is 0.833. The lowest BCUT2D eigenvalue weighted by Crippen LogP contribution is -2.38. The first-order chi connectivity index (χ1) is 7.83. The summed E-state index contributed by atoms with van der Waals surface area (Å²) in [4.78, 5) is 13.4. The molecule has 16 heavy (non-hydrogen) atoms. The van der Waals surface area contributed by atoms with Crippen molar-refractivity contribution in [3.63, 3.8) is 0 Å². The van der Waals surface area contributed by atoms with Gasteiger partial charge in [-0.1, -0.05) is 36.4 Å². The summed E-state index contributed by atoms with van der Waals surface area (Å²) >= 11 is 0. The van der Waals surface area contributed by atoms with Gasteiger partial charge < -0.3 is 10.0 Å². The molecule has 0 bridgehead atoms. The van der Waals surface area contributed by atoms with Crippen LogP contribution in [0.5, 0.6) is 0 Å². The van der Waals surface area contributed by atoms with Crippen LogP contribution in [0.1, 0.15) is 18.0 Å². The molecule has 1 aliphatic rings. The minimum atomic E-state index is -0.223. The second-order valence-electron chi connectivity index (χ2n) is 3.83. The Morgan fingerprint density at radius 3 is 2.69 bits per heavy atom. The van der Waals surface area contributed by atoms with E-state index in [1.54, 1.807) is 11.0 Å². The maximum absolute atomic E-state index is 11.7. The van der Waals surface area contributed by atoms with E-state index in [4.69, 9.17) is 0 Å². The Kier molecular flexibility index (Phi) is 3.37. The molecule has 0 radical (unpaired) electrons. The van der Waals surface area contributed by atoms with Gasteiger partial charge in [-0.05, 0) is 18.1 Å². The van der Waals surface area contributed by atoms with Crippen LogP contribution >= 0.6 is 0 Å². The Balaban J connectivity index is 2.23. The monoisotopic (exact) mass is 217 g/mol. The average Bonchev–Trinajstić information content (AvgIpc) is 2.34. The predicted octanol–water partition coefficient (Wildman–Crippen LogP) is 1.51. The summed E-state index contributed by atoms with van der Waals surface area (Å²) in [5, 5.41) is 9.43. The van der Waals surface area contributed by atoms with E-state index in [2.05, 4.69) is 0 Å². The SMILES string of the molecule is O=C1C=CCCN1[C@@H](CO)c1ccccc1. The van der Waals surface area contributed by atoms with Crippen LogP contribution in [0.25, 0.3) is 0 Å². The van der Waals surface area contributed by atoms with Gasteiger partial charge in [-0.15, -0.1) is 0 Å². The van der Waals surface area contributed by atoms with E-state index in [-0.39, 0.29) is 18.6 Å². The molecule has 0 saturated carbocycles. The first-order valence-corrected chi connectivity index (χ1v) is 5.46. The van der Waals surface area contributed by atoms with Crippen molar-refractivity contribution in [2.45, 2.75) is 12.5 Å². The van der Waals surface area contributed by atoms with E-state index in [9.17, 15) is 9.90 Å². The van der Waals surface area contributed by atoms with Crippen LogP contribution in [0.3, 0.4) is 0 Å². The third-order valence-corrected chi connectivity index (χ3v) is 2.81. The molecule has 1 N–H and O–H groups in total. The minimum Gasteiger partial charge on any atom is -0.394 e. The highest BCUT2D eigenvalue weighted by Crippen LogP contribution is 2.22. The fraction of sp³-hybridized carbons (Fsp3) is 0.308. The number of hydrogen-bond acceptors (Lipinski definition) is 2. The number of hydrogen-bond donors (Lipinski definition) is 1. The fourth-order valence-corrected chi connectivity index (χ4v) is 1.97. The number of carbonyl (C=O) groups is 1. The van der Waals surface area contributed by atoms with E-state index < -0.39 is 0 Å². The molecule has 3 nitrogen and oxygen atoms in total. The average molecular weight is 217 g/mol. The molecule has 1 aliphatic heterocycles. The molecule has 1 aromatic rings. The fourth-order valence-electron chi connectivity index (χ4n) is 1.97. The number of benzene rings is 1. The van der Waals surface area contributed by atoms with E-state index in [1.807, 2.05) is 36.4 Å². The molecule has 0 unspecified atom stereocenters. The second-order valence-corrected chi connectivity index (χ2v) is 3.83. The highest BCUT2D eigenvalue weighted by molar-refractivity contribution is 5.88. The normalized spacial score (nSPS) is 17.6. The maximum Gasteiger partial charge on any atom is 0.246 e. The van der Waals surface area contributed by atoms with Crippen molar-refractivity contribution in [1.82, 2.24) is 4.90 Å². The van der Waals surface area contributed by atoms with E-state index in [0.29, 0.717) is 6.54 Å². The Bertz CT molecular complexity index is 386. The van der Waals surface area contributed by atoms with Gasteiger partial charge in [0.15, 0.2) is 0 Å². The Hall–Kier alpha value is -1.61. The Labute approximate surface area is 95.0 Å². The number of aliphatic hydroxyl groups is 1. The van der Waals surface area contributed by atoms with Crippen molar-refractivity contribution in [2.75, 3.05) is 13.2 Å². The van der Waals surface area contributed by atoms with Crippen molar-refractivity contribution in [2.24, 2.45) is 0 Å². The molecule has 1 aromatic carbocycles. The lowest BCUT2D eigenvalue weighted by Gasteiger charge is -2.31. The van der Waals surface area contributed by atoms with Crippen LogP contribution in [0.15, 0.2) is 42.5 Å². The molecule has 2 rings (SSSR count). The predicted molar refractivity (Wildman–Crippen MR) is 61.7 cm³/mol. The molecule has 0 saturated heterocycles. The van der Waals surface area contributed by atoms with Gasteiger partial charge in [0.05, 0.1) is 12.6 Å². The number of rotatable bonds is 3. The largest absolute Gasteiger partial charge is 0.394 e. The molecule has 0 spiro atoms. The third-order valence-electron chi connectivity index (χ3n) is 2.81. The van der Waals surface area contributed by atoms with Gasteiger partial charge in [0, 0.05) is 6.54 Å². The zero-order chi connectivity index (χ0) is 11.4. The topological polar surface area (TPSA) is 40.5 Å². The number of aliphatic hydroxyl groups excluding tert-OH is 1. The molecule has 0 aliphatic carbocycles. The molecular formula is C13H15NO2. The smallest absolute Gasteiger partial charge is 0.246 e. The van der Waals surface area contributed by atoms with E-state index in [0.717, 1.165) is 12.0 Å². The van der Waals surface area contributed by atoms with Crippen LogP contribution in [0.4, 0.5) is 0 Å². The number of nitrogens with zero attached hydrogens (tertiary/aromatic N) is 1. The number of amides is 1. The summed E-state index contributed by atoms with van der Waals surface area (Å²) in [5.74, 6) is -0.0193. The lowest BCUT2D eigenvalue weighted by atomic mass is 10.0. The van der Waals surface area contributed by atoms with Gasteiger partial charge in [-0.3, -0.25) is 4.79 Å². The van der Waals surface area contributed by atoms with Crippen LogP contribution in [-0.2, 0) is 4.79 Å². The van der Waals surface area contributed by atoms with Crippen molar-refractivity contribution in [1.29, 1.82) is 0 Å². The Morgan fingerprint density at radius 1 is 1.31 bits per heavy atom. The van der Waals surface area contributed by atoms with Crippen LogP contribution in [0.2, 0.25) is 0 Å². The number of carbonyl (C=O) groups excluding carboxylic acids is 1. The molecule has 0 fully saturated rings. The molecule has 3 heteroatoms. The lowest BCUT2D eigenvalue weighted by molar-refractivity contribution is -0.129. The molecular weight excluding hydrogens is 202 g/mol. The van der Waals surface area contributed by atoms with Crippen molar-refractivity contribution < 1.29 is 9.90 Å². The van der Waals surface area contributed by atoms with Gasteiger partial charge in [-0.2, -0.15) is 0 Å². The van der Waals surface area contributed by atoms with Crippen LogP contribution in [0, 0.1) is 0 Å². The van der Waals surface area contributed by atoms with Gasteiger partial charge >= 0.3 is 0 Å². The molecule has 84 valence electrons. The summed E-state index contributed by atoms with van der Waals surface area (Å²) in [5.41, 5.74) is 0.980. The summed E-state index contributed by atoms with van der Waals surface area (Å²) in [7, 11) is 0. The third kappa shape index (κ3) is 2.14. The summed E-state index contributed by atoms with van der Waals surface area (Å²) in [6, 6.07) is 9.41. The molecule has 1 amide bonds. The first-order valence-electron chi connectivity index (χ1n) is 5.46. The molecule has 1 atom stereocenters. The summed E-state index contributed by atoms with van der Waals surface area (Å²) in [6.07, 6.45) is 4.31. The van der Waals surface area contributed by atoms with Crippen molar-refractivity contribution in [3.05, 3.63) is 48.0 Å². The van der Waals surface area contributed by atoms with Gasteiger partial charge in [0.1, 0.15) is 0 Å². The maximum atomic E-state index is 11.7. The van der Waals surface area contributed by atoms with Crippen molar-refractivity contribution >= 4 is 5.91 Å². The van der Waals surface area contributed by atoms with Crippen molar-refractivity contribution in [3.8, 4) is 0 Å². The highest BCUT2D eigenvalue weighted by Gasteiger charge is 2.23. The van der Waals surface area contributed by atoms with E-state index in [1.165, 1.54) is 0 Å².